The van der Waals surface area contributed by atoms with Crippen LogP contribution in [0.5, 0.6) is 11.5 Å². The monoisotopic (exact) mass is 422 g/mol. The van der Waals surface area contributed by atoms with Gasteiger partial charge in [0.15, 0.2) is 0 Å². The number of methoxy groups -OCH3 is 1. The summed E-state index contributed by atoms with van der Waals surface area (Å²) in [7, 11) is 1.62. The molecule has 0 saturated carbocycles. The Bertz CT molecular complexity index is 1310. The second-order valence-corrected chi connectivity index (χ2v) is 7.74. The molecule has 5 nitrogen and oxygen atoms in total. The Kier molecular flexibility index (Phi) is 5.07. The summed E-state index contributed by atoms with van der Waals surface area (Å²) in [5.74, 6) is 0.757. The Balaban J connectivity index is 1.58. The molecule has 1 aliphatic heterocycles. The molecule has 1 aliphatic rings. The van der Waals surface area contributed by atoms with Gasteiger partial charge in [0.1, 0.15) is 11.5 Å². The van der Waals surface area contributed by atoms with E-state index < -0.39 is 0 Å². The van der Waals surface area contributed by atoms with E-state index in [0.29, 0.717) is 23.3 Å². The molecule has 1 atom stereocenters. The average molecular weight is 422 g/mol. The number of benzene rings is 4. The maximum absolute atomic E-state index is 13.4. The Morgan fingerprint density at radius 1 is 0.938 bits per heavy atom. The smallest absolute Gasteiger partial charge is 0.274 e. The minimum atomic E-state index is -0.283. The van der Waals surface area contributed by atoms with Crippen molar-refractivity contribution in [3.8, 4) is 11.5 Å². The van der Waals surface area contributed by atoms with Crippen LogP contribution in [0.4, 0.5) is 0 Å². The average Bonchev–Trinajstić information content (AvgIpc) is 3.29. The number of carbonyl (C=O) groups excluding carboxylic acids is 1. The summed E-state index contributed by atoms with van der Waals surface area (Å²) in [6.07, 6.45) is 0.497. The third-order valence-corrected chi connectivity index (χ3v) is 5.85. The zero-order valence-corrected chi connectivity index (χ0v) is 17.6. The van der Waals surface area contributed by atoms with Crippen molar-refractivity contribution in [1.82, 2.24) is 5.01 Å². The summed E-state index contributed by atoms with van der Waals surface area (Å²) >= 11 is 0. The zero-order valence-electron chi connectivity index (χ0n) is 17.6. The molecule has 1 N–H and O–H groups in total. The van der Waals surface area contributed by atoms with Gasteiger partial charge in [0, 0.05) is 22.9 Å². The van der Waals surface area contributed by atoms with Crippen LogP contribution >= 0.6 is 0 Å². The molecule has 0 bridgehead atoms. The van der Waals surface area contributed by atoms with Crippen LogP contribution in [0.25, 0.3) is 10.8 Å². The molecule has 5 heteroatoms. The highest BCUT2D eigenvalue weighted by Crippen LogP contribution is 2.38. The minimum Gasteiger partial charge on any atom is -0.507 e. The van der Waals surface area contributed by atoms with E-state index in [1.807, 2.05) is 78.9 Å². The Morgan fingerprint density at radius 3 is 2.41 bits per heavy atom. The van der Waals surface area contributed by atoms with E-state index >= 15 is 0 Å². The van der Waals surface area contributed by atoms with Crippen molar-refractivity contribution in [3.05, 3.63) is 108 Å². The number of nitrogens with zero attached hydrogens (tertiary/aromatic N) is 2. The third-order valence-electron chi connectivity index (χ3n) is 5.85. The lowest BCUT2D eigenvalue weighted by atomic mass is 9.96. The number of hydrogen-bond donors (Lipinski definition) is 1. The van der Waals surface area contributed by atoms with Crippen molar-refractivity contribution in [1.29, 1.82) is 0 Å². The fourth-order valence-electron chi connectivity index (χ4n) is 4.15. The normalized spacial score (nSPS) is 15.6. The highest BCUT2D eigenvalue weighted by Gasteiger charge is 2.34. The number of aromatic hydroxyl groups is 1. The van der Waals surface area contributed by atoms with Gasteiger partial charge in [-0.05, 0) is 41.3 Å². The molecule has 4 aromatic rings. The van der Waals surface area contributed by atoms with E-state index in [0.717, 1.165) is 22.1 Å². The van der Waals surface area contributed by atoms with Crippen molar-refractivity contribution in [2.75, 3.05) is 7.11 Å². The van der Waals surface area contributed by atoms with Crippen LogP contribution < -0.4 is 4.74 Å². The molecule has 0 unspecified atom stereocenters. The Labute approximate surface area is 186 Å². The van der Waals surface area contributed by atoms with Crippen molar-refractivity contribution in [3.63, 3.8) is 0 Å². The van der Waals surface area contributed by atoms with E-state index in [4.69, 9.17) is 9.84 Å². The number of phenols is 1. The SMILES string of the molecule is COc1ccc([C@H]2CC(c3ccc4ccccc4c3O)=NN2C(=O)c2ccccc2)cc1. The number of hydrogen-bond acceptors (Lipinski definition) is 4. The fourth-order valence-corrected chi connectivity index (χ4v) is 4.15. The van der Waals surface area contributed by atoms with Gasteiger partial charge in [-0.1, -0.05) is 60.7 Å². The molecule has 0 spiro atoms. The second kappa shape index (κ2) is 8.19. The highest BCUT2D eigenvalue weighted by atomic mass is 16.5. The second-order valence-electron chi connectivity index (χ2n) is 7.74. The van der Waals surface area contributed by atoms with Gasteiger partial charge in [-0.2, -0.15) is 5.10 Å². The van der Waals surface area contributed by atoms with Crippen LogP contribution in [0.2, 0.25) is 0 Å². The standard InChI is InChI=1S/C27H22N2O3/c1-32-21-14-11-19(12-15-21)25-17-24(28-29(25)27(31)20-8-3-2-4-9-20)23-16-13-18-7-5-6-10-22(18)26(23)30/h2-16,25,30H,17H2,1H3/t25-/m1/s1. The van der Waals surface area contributed by atoms with Gasteiger partial charge < -0.3 is 9.84 Å². The van der Waals surface area contributed by atoms with Crippen molar-refractivity contribution >= 4 is 22.4 Å². The van der Waals surface area contributed by atoms with Gasteiger partial charge in [-0.3, -0.25) is 4.79 Å². The van der Waals surface area contributed by atoms with Gasteiger partial charge in [0.2, 0.25) is 0 Å². The first-order valence-electron chi connectivity index (χ1n) is 10.5. The maximum atomic E-state index is 13.4. The van der Waals surface area contributed by atoms with E-state index in [9.17, 15) is 9.90 Å². The van der Waals surface area contributed by atoms with Crippen molar-refractivity contribution in [2.24, 2.45) is 5.10 Å². The maximum Gasteiger partial charge on any atom is 0.274 e. The molecule has 5 rings (SSSR count). The number of rotatable bonds is 4. The predicted octanol–water partition coefficient (Wildman–Crippen LogP) is 5.55. The predicted molar refractivity (Wildman–Crippen MR) is 125 cm³/mol. The summed E-state index contributed by atoms with van der Waals surface area (Å²) in [6.45, 7) is 0. The number of carbonyl (C=O) groups is 1. The quantitative estimate of drug-likeness (QED) is 0.469. The number of fused-ring (bicyclic) bond motifs is 1. The van der Waals surface area contributed by atoms with E-state index in [-0.39, 0.29) is 17.7 Å². The number of amides is 1. The molecule has 0 fully saturated rings. The number of hydrazone groups is 1. The first-order chi connectivity index (χ1) is 15.7. The zero-order chi connectivity index (χ0) is 22.1. The van der Waals surface area contributed by atoms with Gasteiger partial charge >= 0.3 is 0 Å². The van der Waals surface area contributed by atoms with Gasteiger partial charge in [0.25, 0.3) is 5.91 Å². The summed E-state index contributed by atoms with van der Waals surface area (Å²) in [6, 6.07) is 28.0. The Hall–Kier alpha value is -4.12. The fraction of sp³-hybridized carbons (Fsp3) is 0.111. The molecule has 1 amide bonds. The van der Waals surface area contributed by atoms with Crippen molar-refractivity contribution in [2.45, 2.75) is 12.5 Å². The Morgan fingerprint density at radius 2 is 1.66 bits per heavy atom. The molecule has 1 heterocycles. The third kappa shape index (κ3) is 3.48. The molecule has 4 aromatic carbocycles. The lowest BCUT2D eigenvalue weighted by molar-refractivity contribution is 0.0711. The van der Waals surface area contributed by atoms with Crippen LogP contribution in [0.15, 0.2) is 96.1 Å². The summed E-state index contributed by atoms with van der Waals surface area (Å²) in [5, 5.41) is 18.9. The molecule has 0 aromatic heterocycles. The molecular weight excluding hydrogens is 400 g/mol. The summed E-state index contributed by atoms with van der Waals surface area (Å²) in [4.78, 5) is 13.4. The van der Waals surface area contributed by atoms with Crippen LogP contribution in [-0.2, 0) is 0 Å². The van der Waals surface area contributed by atoms with Crippen molar-refractivity contribution < 1.29 is 14.6 Å². The summed E-state index contributed by atoms with van der Waals surface area (Å²) in [5.41, 5.74) is 2.84. The molecule has 0 radical (unpaired) electrons. The van der Waals surface area contributed by atoms with Gasteiger partial charge in [-0.15, -0.1) is 0 Å². The first kappa shape index (κ1) is 19.8. The van der Waals surface area contributed by atoms with Gasteiger partial charge in [0.05, 0.1) is 18.9 Å². The van der Waals surface area contributed by atoms with E-state index in [2.05, 4.69) is 0 Å². The minimum absolute atomic E-state index is 0.179. The lowest BCUT2D eigenvalue weighted by Gasteiger charge is -2.22. The topological polar surface area (TPSA) is 62.1 Å². The number of phenolic OH excluding ortho intramolecular Hbond substituents is 1. The molecule has 0 saturated heterocycles. The van der Waals surface area contributed by atoms with Crippen LogP contribution in [-0.4, -0.2) is 28.8 Å². The van der Waals surface area contributed by atoms with Gasteiger partial charge in [-0.25, -0.2) is 5.01 Å². The molecule has 32 heavy (non-hydrogen) atoms. The van der Waals surface area contributed by atoms with E-state index in [1.165, 1.54) is 5.01 Å². The van der Waals surface area contributed by atoms with Crippen LogP contribution in [0.3, 0.4) is 0 Å². The summed E-state index contributed by atoms with van der Waals surface area (Å²) < 4.78 is 5.28. The molecular formula is C27H22N2O3. The number of ether oxygens (including phenoxy) is 1. The van der Waals surface area contributed by atoms with Crippen LogP contribution in [0, 0.1) is 0 Å². The molecule has 158 valence electrons. The lowest BCUT2D eigenvalue weighted by Crippen LogP contribution is -2.27. The van der Waals surface area contributed by atoms with E-state index in [1.54, 1.807) is 19.2 Å². The molecule has 0 aliphatic carbocycles. The first-order valence-corrected chi connectivity index (χ1v) is 10.5. The largest absolute Gasteiger partial charge is 0.507 e. The highest BCUT2D eigenvalue weighted by molar-refractivity contribution is 6.10. The van der Waals surface area contributed by atoms with Crippen LogP contribution in [0.1, 0.15) is 33.9 Å².